The Morgan fingerprint density at radius 2 is 2.07 bits per heavy atom. The van der Waals surface area contributed by atoms with Gasteiger partial charge in [0.25, 0.3) is 5.89 Å². The zero-order valence-corrected chi connectivity index (χ0v) is 18.9. The molecule has 8 nitrogen and oxygen atoms in total. The topological polar surface area (TPSA) is 95.7 Å². The molecule has 1 unspecified atom stereocenters. The number of aryl methyl sites for hydroxylation is 1. The molecule has 2 heterocycles. The van der Waals surface area contributed by atoms with Crippen LogP contribution in [0.3, 0.4) is 0 Å². The quantitative estimate of drug-likeness (QED) is 0.458. The minimum Gasteiger partial charge on any atom is -0.432 e. The minimum absolute atomic E-state index is 0.0991. The molecule has 0 spiro atoms. The second-order valence-electron chi connectivity index (χ2n) is 6.70. The number of carbonyl (C=O) groups excluding carboxylic acids is 1. The fraction of sp³-hybridized carbons (Fsp3) is 0.381. The normalized spacial score (nSPS) is 16.5. The maximum atomic E-state index is 12.3. The molecular formula is C21H24BrN3O5. The first-order valence-corrected chi connectivity index (χ1v) is 10.3. The Balaban J connectivity index is 2.03. The third-order valence-electron chi connectivity index (χ3n) is 4.60. The van der Waals surface area contributed by atoms with Crippen molar-refractivity contribution in [3.63, 3.8) is 0 Å². The number of hydrogen-bond acceptors (Lipinski definition) is 8. The molecule has 1 N–H and O–H groups in total. The van der Waals surface area contributed by atoms with E-state index in [0.717, 1.165) is 21.3 Å². The molecule has 0 fully saturated rings. The standard InChI is InChI=1S/C21H24BrN3O5/c1-5-16-24-20(30-25-16)17-12(2)23-13(3)19(29-21(26)28-10-9-27-4)18(17)14-7-6-8-15(22)11-14/h6-8,11,18,23H,5,9-10H2,1-4H3. The molecular weight excluding hydrogens is 454 g/mol. The highest BCUT2D eigenvalue weighted by Crippen LogP contribution is 2.43. The first-order chi connectivity index (χ1) is 14.4. The molecule has 0 saturated carbocycles. The average molecular weight is 478 g/mol. The lowest BCUT2D eigenvalue weighted by molar-refractivity contribution is 0.0503. The van der Waals surface area contributed by atoms with Gasteiger partial charge in [-0.1, -0.05) is 40.1 Å². The number of methoxy groups -OCH3 is 1. The number of aromatic nitrogens is 2. The largest absolute Gasteiger partial charge is 0.513 e. The van der Waals surface area contributed by atoms with Crippen LogP contribution in [0, 0.1) is 0 Å². The summed E-state index contributed by atoms with van der Waals surface area (Å²) < 4.78 is 22.1. The molecule has 1 aromatic heterocycles. The lowest BCUT2D eigenvalue weighted by Crippen LogP contribution is -2.27. The zero-order valence-electron chi connectivity index (χ0n) is 17.3. The Labute approximate surface area is 183 Å². The van der Waals surface area contributed by atoms with Crippen LogP contribution in [-0.4, -0.2) is 36.6 Å². The van der Waals surface area contributed by atoms with Crippen LogP contribution in [0.25, 0.3) is 5.57 Å². The van der Waals surface area contributed by atoms with Gasteiger partial charge in [-0.2, -0.15) is 4.98 Å². The number of dihydropyridines is 1. The number of benzene rings is 1. The van der Waals surface area contributed by atoms with Crippen LogP contribution in [0.15, 0.2) is 50.4 Å². The maximum absolute atomic E-state index is 12.3. The fourth-order valence-corrected chi connectivity index (χ4v) is 3.65. The molecule has 0 aliphatic carbocycles. The smallest absolute Gasteiger partial charge is 0.432 e. The van der Waals surface area contributed by atoms with Crippen LogP contribution >= 0.6 is 15.9 Å². The molecule has 1 aromatic carbocycles. The van der Waals surface area contributed by atoms with Crippen LogP contribution in [0.2, 0.25) is 0 Å². The lowest BCUT2D eigenvalue weighted by atomic mass is 9.85. The van der Waals surface area contributed by atoms with Gasteiger partial charge in [0.05, 0.1) is 23.8 Å². The zero-order chi connectivity index (χ0) is 21.7. The van der Waals surface area contributed by atoms with Crippen LogP contribution in [0.4, 0.5) is 4.79 Å². The first kappa shape index (κ1) is 22.0. The van der Waals surface area contributed by atoms with Crippen molar-refractivity contribution in [1.29, 1.82) is 0 Å². The Kier molecular flexibility index (Phi) is 7.28. The third-order valence-corrected chi connectivity index (χ3v) is 5.09. The van der Waals surface area contributed by atoms with Crippen LogP contribution in [0.5, 0.6) is 0 Å². The molecule has 160 valence electrons. The number of rotatable bonds is 7. The Bertz CT molecular complexity index is 983. The van der Waals surface area contributed by atoms with Gasteiger partial charge >= 0.3 is 6.16 Å². The Morgan fingerprint density at radius 3 is 2.73 bits per heavy atom. The summed E-state index contributed by atoms with van der Waals surface area (Å²) in [6, 6.07) is 7.77. The third kappa shape index (κ3) is 4.91. The molecule has 1 aliphatic rings. The van der Waals surface area contributed by atoms with E-state index in [1.165, 1.54) is 7.11 Å². The van der Waals surface area contributed by atoms with Gasteiger partial charge in [-0.3, -0.25) is 0 Å². The summed E-state index contributed by atoms with van der Waals surface area (Å²) in [7, 11) is 1.53. The summed E-state index contributed by atoms with van der Waals surface area (Å²) in [4.78, 5) is 16.8. The molecule has 3 rings (SSSR count). The summed E-state index contributed by atoms with van der Waals surface area (Å²) in [5.41, 5.74) is 3.17. The first-order valence-electron chi connectivity index (χ1n) is 9.55. The van der Waals surface area contributed by atoms with Gasteiger partial charge < -0.3 is 24.1 Å². The van der Waals surface area contributed by atoms with Crippen molar-refractivity contribution in [2.45, 2.75) is 33.1 Å². The summed E-state index contributed by atoms with van der Waals surface area (Å²) in [5.74, 6) is 0.949. The van der Waals surface area contributed by atoms with Gasteiger partial charge in [-0.05, 0) is 31.5 Å². The molecule has 1 aliphatic heterocycles. The van der Waals surface area contributed by atoms with Crippen LogP contribution in [0.1, 0.15) is 44.0 Å². The average Bonchev–Trinajstić information content (AvgIpc) is 3.18. The van der Waals surface area contributed by atoms with Crippen molar-refractivity contribution in [3.05, 3.63) is 63.2 Å². The predicted molar refractivity (Wildman–Crippen MR) is 113 cm³/mol. The van der Waals surface area contributed by atoms with E-state index < -0.39 is 12.1 Å². The number of halogens is 1. The molecule has 1 atom stereocenters. The van der Waals surface area contributed by atoms with E-state index in [0.29, 0.717) is 29.6 Å². The highest BCUT2D eigenvalue weighted by Gasteiger charge is 2.36. The van der Waals surface area contributed by atoms with Gasteiger partial charge in [0.2, 0.25) is 0 Å². The molecule has 0 bridgehead atoms. The second kappa shape index (κ2) is 9.90. The monoisotopic (exact) mass is 477 g/mol. The van der Waals surface area contributed by atoms with Crippen molar-refractivity contribution in [1.82, 2.24) is 15.5 Å². The maximum Gasteiger partial charge on any atom is 0.513 e. The molecule has 9 heteroatoms. The van der Waals surface area contributed by atoms with Gasteiger partial charge in [0.15, 0.2) is 5.82 Å². The fourth-order valence-electron chi connectivity index (χ4n) is 3.23. The molecule has 0 amide bonds. The second-order valence-corrected chi connectivity index (χ2v) is 7.62. The summed E-state index contributed by atoms with van der Waals surface area (Å²) >= 11 is 3.52. The van der Waals surface area contributed by atoms with Gasteiger partial charge in [-0.15, -0.1) is 0 Å². The van der Waals surface area contributed by atoms with Gasteiger partial charge in [0.1, 0.15) is 12.4 Å². The van der Waals surface area contributed by atoms with E-state index in [4.69, 9.17) is 18.7 Å². The number of hydrogen-bond donors (Lipinski definition) is 1. The van der Waals surface area contributed by atoms with E-state index in [1.54, 1.807) is 0 Å². The Morgan fingerprint density at radius 1 is 1.27 bits per heavy atom. The van der Waals surface area contributed by atoms with E-state index in [1.807, 2.05) is 45.0 Å². The van der Waals surface area contributed by atoms with E-state index in [2.05, 4.69) is 31.4 Å². The van der Waals surface area contributed by atoms with Gasteiger partial charge in [0, 0.05) is 23.7 Å². The molecule has 0 saturated heterocycles. The van der Waals surface area contributed by atoms with Crippen molar-refractivity contribution in [3.8, 4) is 0 Å². The highest BCUT2D eigenvalue weighted by molar-refractivity contribution is 9.10. The van der Waals surface area contributed by atoms with Crippen molar-refractivity contribution in [2.75, 3.05) is 20.3 Å². The van der Waals surface area contributed by atoms with Crippen molar-refractivity contribution in [2.24, 2.45) is 0 Å². The van der Waals surface area contributed by atoms with Crippen LogP contribution in [-0.2, 0) is 20.6 Å². The molecule has 2 aromatic rings. The van der Waals surface area contributed by atoms with Gasteiger partial charge in [-0.25, -0.2) is 4.79 Å². The number of nitrogens with one attached hydrogen (secondary N) is 1. The van der Waals surface area contributed by atoms with E-state index in [-0.39, 0.29) is 13.2 Å². The van der Waals surface area contributed by atoms with Crippen molar-refractivity contribution >= 4 is 27.7 Å². The molecule has 30 heavy (non-hydrogen) atoms. The van der Waals surface area contributed by atoms with Crippen molar-refractivity contribution < 1.29 is 23.5 Å². The van der Waals surface area contributed by atoms with Crippen LogP contribution < -0.4 is 5.32 Å². The summed E-state index contributed by atoms with van der Waals surface area (Å²) in [5, 5.41) is 7.28. The summed E-state index contributed by atoms with van der Waals surface area (Å²) in [6.45, 7) is 6.10. The SMILES string of the molecule is CCc1noc(C2=C(C)NC(C)=C(OC(=O)OCCOC)C2c2cccc(Br)c2)n1. The predicted octanol–water partition coefficient (Wildman–Crippen LogP) is 4.54. The number of carbonyl (C=O) groups is 1. The lowest BCUT2D eigenvalue weighted by Gasteiger charge is -2.30. The minimum atomic E-state index is -0.804. The molecule has 0 radical (unpaired) electrons. The van der Waals surface area contributed by atoms with E-state index >= 15 is 0 Å². The number of ether oxygens (including phenoxy) is 3. The highest BCUT2D eigenvalue weighted by atomic mass is 79.9. The Hall–Kier alpha value is -2.65. The summed E-state index contributed by atoms with van der Waals surface area (Å²) in [6.07, 6.45) is -0.156. The van der Waals surface area contributed by atoms with E-state index in [9.17, 15) is 4.79 Å². The number of nitrogens with zero attached hydrogens (tertiary/aromatic N) is 2. The number of allylic oxidation sites excluding steroid dienone is 3.